The van der Waals surface area contributed by atoms with Gasteiger partial charge in [-0.2, -0.15) is 5.10 Å². The van der Waals surface area contributed by atoms with Crippen LogP contribution in [0.3, 0.4) is 0 Å². The van der Waals surface area contributed by atoms with Gasteiger partial charge in [0.2, 0.25) is 0 Å². The molecule has 0 bridgehead atoms. The molecule has 0 aliphatic carbocycles. The number of hydrogen-bond donors (Lipinski definition) is 2. The topological polar surface area (TPSA) is 75.1 Å². The van der Waals surface area contributed by atoms with Crippen LogP contribution in [0.5, 0.6) is 0 Å². The molecule has 0 saturated carbocycles. The molecule has 1 aromatic carbocycles. The van der Waals surface area contributed by atoms with Gasteiger partial charge < -0.3 is 10.3 Å². The highest BCUT2D eigenvalue weighted by Crippen LogP contribution is 2.17. The number of rotatable bonds is 4. The summed E-state index contributed by atoms with van der Waals surface area (Å²) in [6.07, 6.45) is 6.01. The van der Waals surface area contributed by atoms with Crippen molar-refractivity contribution in [3.63, 3.8) is 0 Å². The predicted molar refractivity (Wildman–Crippen MR) is 87.3 cm³/mol. The fraction of sp³-hybridized carbons (Fsp3) is 0.118. The smallest absolute Gasteiger partial charge is 0.270 e. The highest BCUT2D eigenvalue weighted by molar-refractivity contribution is 5.93. The SMILES string of the molecule is O=C(NCCc1c[nH]c2ccccc12)c1ccnc2ccnn12. The van der Waals surface area contributed by atoms with Crippen LogP contribution in [0.15, 0.2) is 55.0 Å². The molecule has 4 rings (SSSR count). The van der Waals surface area contributed by atoms with Crippen molar-refractivity contribution >= 4 is 22.5 Å². The number of fused-ring (bicyclic) bond motifs is 2. The average Bonchev–Trinajstić information content (AvgIpc) is 3.21. The maximum atomic E-state index is 12.3. The number of hydrogen-bond acceptors (Lipinski definition) is 3. The first kappa shape index (κ1) is 13.5. The van der Waals surface area contributed by atoms with E-state index in [-0.39, 0.29) is 5.91 Å². The van der Waals surface area contributed by atoms with Crippen LogP contribution in [0.4, 0.5) is 0 Å². The Morgan fingerprint density at radius 2 is 2.09 bits per heavy atom. The number of para-hydroxylation sites is 1. The molecule has 4 aromatic rings. The summed E-state index contributed by atoms with van der Waals surface area (Å²) in [7, 11) is 0. The lowest BCUT2D eigenvalue weighted by Gasteiger charge is -2.06. The molecule has 114 valence electrons. The third-order valence-electron chi connectivity index (χ3n) is 3.88. The Morgan fingerprint density at radius 1 is 1.17 bits per heavy atom. The molecule has 1 amide bonds. The highest BCUT2D eigenvalue weighted by atomic mass is 16.1. The van der Waals surface area contributed by atoms with Crippen molar-refractivity contribution < 1.29 is 4.79 Å². The second-order valence-corrected chi connectivity index (χ2v) is 5.30. The van der Waals surface area contributed by atoms with E-state index in [2.05, 4.69) is 26.4 Å². The zero-order chi connectivity index (χ0) is 15.6. The van der Waals surface area contributed by atoms with Crippen molar-refractivity contribution in [1.82, 2.24) is 24.9 Å². The van der Waals surface area contributed by atoms with E-state index in [1.807, 2.05) is 24.4 Å². The molecule has 0 atom stereocenters. The van der Waals surface area contributed by atoms with E-state index in [1.165, 1.54) is 10.9 Å². The standard InChI is InChI=1S/C17H15N5O/c23-17(15-6-9-18-16-7-10-21-22(15)16)19-8-5-12-11-20-14-4-2-1-3-13(12)14/h1-4,6-7,9-11,20H,5,8H2,(H,19,23). The van der Waals surface area contributed by atoms with Crippen LogP contribution < -0.4 is 5.32 Å². The zero-order valence-electron chi connectivity index (χ0n) is 12.4. The highest BCUT2D eigenvalue weighted by Gasteiger charge is 2.11. The second kappa shape index (κ2) is 5.57. The van der Waals surface area contributed by atoms with Crippen molar-refractivity contribution in [2.45, 2.75) is 6.42 Å². The second-order valence-electron chi connectivity index (χ2n) is 5.30. The van der Waals surface area contributed by atoms with E-state index in [4.69, 9.17) is 0 Å². The van der Waals surface area contributed by atoms with Crippen LogP contribution >= 0.6 is 0 Å². The van der Waals surface area contributed by atoms with Gasteiger partial charge >= 0.3 is 0 Å². The minimum atomic E-state index is -0.152. The Kier molecular flexibility index (Phi) is 3.27. The fourth-order valence-electron chi connectivity index (χ4n) is 2.75. The monoisotopic (exact) mass is 305 g/mol. The first-order valence-electron chi connectivity index (χ1n) is 7.45. The van der Waals surface area contributed by atoms with Crippen molar-refractivity contribution in [3.8, 4) is 0 Å². The Bertz CT molecular complexity index is 985. The van der Waals surface area contributed by atoms with E-state index in [9.17, 15) is 4.79 Å². The van der Waals surface area contributed by atoms with Crippen LogP contribution in [0, 0.1) is 0 Å². The predicted octanol–water partition coefficient (Wildman–Crippen LogP) is 2.18. The minimum Gasteiger partial charge on any atom is -0.361 e. The maximum Gasteiger partial charge on any atom is 0.270 e. The third-order valence-corrected chi connectivity index (χ3v) is 3.88. The van der Waals surface area contributed by atoms with Gasteiger partial charge in [-0.15, -0.1) is 0 Å². The number of carbonyl (C=O) groups excluding carboxylic acids is 1. The van der Waals surface area contributed by atoms with Crippen molar-refractivity contribution in [1.29, 1.82) is 0 Å². The largest absolute Gasteiger partial charge is 0.361 e. The summed E-state index contributed by atoms with van der Waals surface area (Å²) in [6, 6.07) is 11.6. The lowest BCUT2D eigenvalue weighted by Crippen LogP contribution is -2.27. The molecule has 23 heavy (non-hydrogen) atoms. The average molecular weight is 305 g/mol. The Balaban J connectivity index is 1.47. The fourth-order valence-corrected chi connectivity index (χ4v) is 2.75. The normalized spacial score (nSPS) is 11.1. The number of nitrogens with one attached hydrogen (secondary N) is 2. The number of amides is 1. The van der Waals surface area contributed by atoms with Gasteiger partial charge in [0.1, 0.15) is 5.69 Å². The first-order valence-corrected chi connectivity index (χ1v) is 7.45. The van der Waals surface area contributed by atoms with E-state index in [0.717, 1.165) is 11.9 Å². The molecular weight excluding hydrogens is 290 g/mol. The quantitative estimate of drug-likeness (QED) is 0.607. The summed E-state index contributed by atoms with van der Waals surface area (Å²) >= 11 is 0. The van der Waals surface area contributed by atoms with Crippen LogP contribution in [0.25, 0.3) is 16.6 Å². The molecule has 6 nitrogen and oxygen atoms in total. The van der Waals surface area contributed by atoms with Gasteiger partial charge in [-0.25, -0.2) is 9.50 Å². The molecule has 3 heterocycles. The van der Waals surface area contributed by atoms with Crippen molar-refractivity contribution in [3.05, 3.63) is 66.2 Å². The van der Waals surface area contributed by atoms with Crippen molar-refractivity contribution in [2.24, 2.45) is 0 Å². The summed E-state index contributed by atoms with van der Waals surface area (Å²) in [4.78, 5) is 19.7. The van der Waals surface area contributed by atoms with Gasteiger partial charge in [0.15, 0.2) is 5.65 Å². The van der Waals surface area contributed by atoms with Gasteiger partial charge in [0, 0.05) is 35.9 Å². The third kappa shape index (κ3) is 2.44. The molecule has 0 aliphatic rings. The number of benzene rings is 1. The van der Waals surface area contributed by atoms with Gasteiger partial charge in [-0.3, -0.25) is 4.79 Å². The van der Waals surface area contributed by atoms with Gasteiger partial charge in [-0.05, 0) is 24.1 Å². The van der Waals surface area contributed by atoms with Crippen LogP contribution in [-0.4, -0.2) is 32.0 Å². The first-order chi connectivity index (χ1) is 11.3. The Morgan fingerprint density at radius 3 is 3.04 bits per heavy atom. The molecule has 2 N–H and O–H groups in total. The molecule has 6 heteroatoms. The van der Waals surface area contributed by atoms with Crippen LogP contribution in [-0.2, 0) is 6.42 Å². The van der Waals surface area contributed by atoms with Crippen LogP contribution in [0.2, 0.25) is 0 Å². The molecular formula is C17H15N5O. The Labute approximate surface area is 132 Å². The molecule has 0 aliphatic heterocycles. The lowest BCUT2D eigenvalue weighted by molar-refractivity contribution is 0.0946. The number of carbonyl (C=O) groups is 1. The van der Waals surface area contributed by atoms with Gasteiger partial charge in [0.25, 0.3) is 5.91 Å². The molecule has 0 fully saturated rings. The summed E-state index contributed by atoms with van der Waals surface area (Å²) in [6.45, 7) is 0.561. The van der Waals surface area contributed by atoms with E-state index >= 15 is 0 Å². The molecule has 0 radical (unpaired) electrons. The number of nitrogens with zero attached hydrogens (tertiary/aromatic N) is 3. The van der Waals surface area contributed by atoms with Crippen molar-refractivity contribution in [2.75, 3.05) is 6.54 Å². The lowest BCUT2D eigenvalue weighted by atomic mass is 10.1. The molecule has 3 aromatic heterocycles. The summed E-state index contributed by atoms with van der Waals surface area (Å²) in [5.74, 6) is -0.152. The summed E-state index contributed by atoms with van der Waals surface area (Å²) in [5, 5.41) is 8.26. The van der Waals surface area contributed by atoms with Crippen LogP contribution in [0.1, 0.15) is 16.1 Å². The number of aromatic amines is 1. The van der Waals surface area contributed by atoms with E-state index < -0.39 is 0 Å². The van der Waals surface area contributed by atoms with Gasteiger partial charge in [-0.1, -0.05) is 18.2 Å². The maximum absolute atomic E-state index is 12.3. The minimum absolute atomic E-state index is 0.152. The van der Waals surface area contributed by atoms with E-state index in [0.29, 0.717) is 17.9 Å². The van der Waals surface area contributed by atoms with Gasteiger partial charge in [0.05, 0.1) is 6.20 Å². The number of aromatic nitrogens is 4. The summed E-state index contributed by atoms with van der Waals surface area (Å²) in [5.41, 5.74) is 3.45. The summed E-state index contributed by atoms with van der Waals surface area (Å²) < 4.78 is 1.54. The molecule has 0 saturated heterocycles. The molecule has 0 unspecified atom stereocenters. The number of H-pyrrole nitrogens is 1. The van der Waals surface area contributed by atoms with E-state index in [1.54, 1.807) is 29.0 Å². The molecule has 0 spiro atoms. The zero-order valence-corrected chi connectivity index (χ0v) is 12.4. The Hall–Kier alpha value is -3.15.